The van der Waals surface area contributed by atoms with Crippen LogP contribution in [0, 0.1) is 5.92 Å². The van der Waals surface area contributed by atoms with Gasteiger partial charge in [0.15, 0.2) is 0 Å². The second-order valence-electron chi connectivity index (χ2n) is 5.52. The maximum Gasteiger partial charge on any atom is 0.403 e. The number of rotatable bonds is 4. The summed E-state index contributed by atoms with van der Waals surface area (Å²) in [6, 6.07) is -1.31. The van der Waals surface area contributed by atoms with Gasteiger partial charge in [-0.1, -0.05) is 25.0 Å². The lowest BCUT2D eigenvalue weighted by Gasteiger charge is -2.37. The van der Waals surface area contributed by atoms with Gasteiger partial charge in [0.2, 0.25) is 0 Å². The van der Waals surface area contributed by atoms with Gasteiger partial charge >= 0.3 is 6.18 Å². The molecule has 4 heteroatoms. The second kappa shape index (κ2) is 6.78. The zero-order valence-corrected chi connectivity index (χ0v) is 12.5. The van der Waals surface area contributed by atoms with Gasteiger partial charge in [-0.25, -0.2) is 0 Å². The first-order chi connectivity index (χ1) is 8.81. The van der Waals surface area contributed by atoms with E-state index in [4.69, 9.17) is 0 Å². The summed E-state index contributed by atoms with van der Waals surface area (Å²) in [5, 5.41) is 0. The lowest BCUT2D eigenvalue weighted by Crippen LogP contribution is -2.47. The molecule has 0 saturated carbocycles. The van der Waals surface area contributed by atoms with Gasteiger partial charge in [0.25, 0.3) is 0 Å². The molecular weight excluding hydrogens is 251 g/mol. The molecule has 1 fully saturated rings. The number of alkyl halides is 3. The normalized spacial score (nSPS) is 20.4. The Balaban J connectivity index is 2.61. The average Bonchev–Trinajstić information content (AvgIpc) is 2.38. The maximum absolute atomic E-state index is 12.7. The summed E-state index contributed by atoms with van der Waals surface area (Å²) < 4.78 is 38.0. The van der Waals surface area contributed by atoms with E-state index in [0.29, 0.717) is 19.0 Å². The molecule has 0 N–H and O–H groups in total. The van der Waals surface area contributed by atoms with Crippen LogP contribution < -0.4 is 0 Å². The van der Waals surface area contributed by atoms with Gasteiger partial charge < -0.3 is 0 Å². The standard InChI is InChI=1S/C15H26F3N/c1-5-13(6-2)11(3)14-7-9-19(10-8-14)12(4)15(16,17)18/h12,14H,5-10H2,1-4H3. The van der Waals surface area contributed by atoms with Crippen LogP contribution in [0.2, 0.25) is 0 Å². The van der Waals surface area contributed by atoms with Gasteiger partial charge in [0, 0.05) is 0 Å². The smallest absolute Gasteiger partial charge is 0.292 e. The van der Waals surface area contributed by atoms with E-state index in [-0.39, 0.29) is 0 Å². The van der Waals surface area contributed by atoms with Crippen molar-refractivity contribution >= 4 is 0 Å². The number of likely N-dealkylation sites (tertiary alicyclic amines) is 1. The molecule has 1 heterocycles. The summed E-state index contributed by atoms with van der Waals surface area (Å²) in [5.41, 5.74) is 2.90. The predicted molar refractivity (Wildman–Crippen MR) is 73.1 cm³/mol. The fourth-order valence-electron chi connectivity index (χ4n) is 3.02. The first kappa shape index (κ1) is 16.5. The number of halogens is 3. The van der Waals surface area contributed by atoms with Crippen molar-refractivity contribution in [1.82, 2.24) is 4.90 Å². The molecule has 1 unspecified atom stereocenters. The van der Waals surface area contributed by atoms with Gasteiger partial charge in [0.1, 0.15) is 6.04 Å². The molecule has 0 bridgehead atoms. The Morgan fingerprint density at radius 1 is 1.16 bits per heavy atom. The third-order valence-corrected chi connectivity index (χ3v) is 4.57. The van der Waals surface area contributed by atoms with Crippen LogP contribution in [0.25, 0.3) is 0 Å². The number of nitrogens with zero attached hydrogens (tertiary/aromatic N) is 1. The summed E-state index contributed by atoms with van der Waals surface area (Å²) in [5.74, 6) is 0.478. The molecule has 1 aliphatic rings. The quantitative estimate of drug-likeness (QED) is 0.668. The van der Waals surface area contributed by atoms with Crippen molar-refractivity contribution in [2.75, 3.05) is 13.1 Å². The Kier molecular flexibility index (Phi) is 5.90. The van der Waals surface area contributed by atoms with Gasteiger partial charge in [-0.3, -0.25) is 4.90 Å². The Hall–Kier alpha value is -0.510. The van der Waals surface area contributed by atoms with Gasteiger partial charge in [-0.2, -0.15) is 13.2 Å². The largest absolute Gasteiger partial charge is 0.403 e. The highest BCUT2D eigenvalue weighted by atomic mass is 19.4. The van der Waals surface area contributed by atoms with E-state index in [9.17, 15) is 13.2 Å². The van der Waals surface area contributed by atoms with Crippen LogP contribution in [0.5, 0.6) is 0 Å². The highest BCUT2D eigenvalue weighted by molar-refractivity contribution is 5.15. The molecule has 1 saturated heterocycles. The van der Waals surface area contributed by atoms with Crippen molar-refractivity contribution in [3.05, 3.63) is 11.1 Å². The molecule has 1 aliphatic heterocycles. The molecule has 0 aromatic carbocycles. The monoisotopic (exact) mass is 277 g/mol. The lowest BCUT2D eigenvalue weighted by molar-refractivity contribution is -0.181. The van der Waals surface area contributed by atoms with Crippen molar-refractivity contribution in [3.63, 3.8) is 0 Å². The summed E-state index contributed by atoms with van der Waals surface area (Å²) in [7, 11) is 0. The lowest BCUT2D eigenvalue weighted by atomic mass is 9.85. The first-order valence-electron chi connectivity index (χ1n) is 7.30. The molecule has 0 aromatic heterocycles. The molecule has 112 valence electrons. The van der Waals surface area contributed by atoms with E-state index in [0.717, 1.165) is 25.7 Å². The zero-order valence-electron chi connectivity index (χ0n) is 12.5. The minimum absolute atomic E-state index is 0.478. The summed E-state index contributed by atoms with van der Waals surface area (Å²) in [6.07, 6.45) is -0.274. The molecular formula is C15H26F3N. The molecule has 1 nitrogen and oxygen atoms in total. The van der Waals surface area contributed by atoms with E-state index >= 15 is 0 Å². The van der Waals surface area contributed by atoms with Gasteiger partial charge in [0.05, 0.1) is 0 Å². The van der Waals surface area contributed by atoms with Crippen LogP contribution in [0.1, 0.15) is 53.4 Å². The number of hydrogen-bond acceptors (Lipinski definition) is 1. The van der Waals surface area contributed by atoms with Crippen LogP contribution in [-0.4, -0.2) is 30.2 Å². The van der Waals surface area contributed by atoms with Crippen molar-refractivity contribution < 1.29 is 13.2 Å². The molecule has 0 amide bonds. The molecule has 0 aromatic rings. The Morgan fingerprint density at radius 3 is 2.00 bits per heavy atom. The first-order valence-corrected chi connectivity index (χ1v) is 7.30. The summed E-state index contributed by atoms with van der Waals surface area (Å²) in [4.78, 5) is 1.57. The van der Waals surface area contributed by atoms with Crippen molar-refractivity contribution in [2.24, 2.45) is 5.92 Å². The number of piperidine rings is 1. The topological polar surface area (TPSA) is 3.24 Å². The predicted octanol–water partition coefficient (Wildman–Crippen LogP) is 4.79. The second-order valence-corrected chi connectivity index (χ2v) is 5.52. The minimum Gasteiger partial charge on any atom is -0.292 e. The Bertz CT molecular complexity index is 306. The maximum atomic E-state index is 12.7. The average molecular weight is 277 g/mol. The highest BCUT2D eigenvalue weighted by Crippen LogP contribution is 2.32. The van der Waals surface area contributed by atoms with Crippen molar-refractivity contribution in [3.8, 4) is 0 Å². The van der Waals surface area contributed by atoms with E-state index in [1.165, 1.54) is 18.1 Å². The Morgan fingerprint density at radius 2 is 1.63 bits per heavy atom. The Labute approximate surface area is 114 Å². The molecule has 0 radical (unpaired) electrons. The molecule has 0 aliphatic carbocycles. The number of hydrogen-bond donors (Lipinski definition) is 0. The third-order valence-electron chi connectivity index (χ3n) is 4.57. The SMILES string of the molecule is CCC(CC)=C(C)C1CCN(C(C)C(F)(F)F)CC1. The summed E-state index contributed by atoms with van der Waals surface area (Å²) in [6.45, 7) is 8.86. The zero-order chi connectivity index (χ0) is 14.6. The van der Waals surface area contributed by atoms with E-state index in [2.05, 4.69) is 20.8 Å². The molecule has 1 atom stereocenters. The van der Waals surface area contributed by atoms with Crippen molar-refractivity contribution in [2.45, 2.75) is 65.6 Å². The minimum atomic E-state index is -4.10. The van der Waals surface area contributed by atoms with Crippen LogP contribution in [0.4, 0.5) is 13.2 Å². The van der Waals surface area contributed by atoms with E-state index in [1.54, 1.807) is 4.90 Å². The van der Waals surface area contributed by atoms with E-state index < -0.39 is 12.2 Å². The third kappa shape index (κ3) is 4.23. The fraction of sp³-hybridized carbons (Fsp3) is 0.867. The van der Waals surface area contributed by atoms with E-state index in [1.807, 2.05) is 0 Å². The van der Waals surface area contributed by atoms with Crippen LogP contribution in [0.15, 0.2) is 11.1 Å². The van der Waals surface area contributed by atoms with Gasteiger partial charge in [-0.05, 0) is 58.5 Å². The number of allylic oxidation sites excluding steroid dienone is 2. The molecule has 19 heavy (non-hydrogen) atoms. The van der Waals surface area contributed by atoms with Crippen LogP contribution in [-0.2, 0) is 0 Å². The van der Waals surface area contributed by atoms with Gasteiger partial charge in [-0.15, -0.1) is 0 Å². The molecule has 0 spiro atoms. The fourth-order valence-corrected chi connectivity index (χ4v) is 3.02. The highest BCUT2D eigenvalue weighted by Gasteiger charge is 2.41. The van der Waals surface area contributed by atoms with Crippen LogP contribution >= 0.6 is 0 Å². The van der Waals surface area contributed by atoms with Crippen LogP contribution in [0.3, 0.4) is 0 Å². The summed E-state index contributed by atoms with van der Waals surface area (Å²) >= 11 is 0. The van der Waals surface area contributed by atoms with Crippen molar-refractivity contribution in [1.29, 1.82) is 0 Å². The molecule has 1 rings (SSSR count).